The Kier molecular flexibility index (Phi) is 6.76. The van der Waals surface area contributed by atoms with Gasteiger partial charge < -0.3 is 5.32 Å². The lowest BCUT2D eigenvalue weighted by Gasteiger charge is -2.09. The number of benzene rings is 3. The lowest BCUT2D eigenvalue weighted by molar-refractivity contribution is -0.384. The molecule has 0 unspecified atom stereocenters. The van der Waals surface area contributed by atoms with Crippen LogP contribution in [0.3, 0.4) is 0 Å². The van der Waals surface area contributed by atoms with E-state index in [1.807, 2.05) is 0 Å². The van der Waals surface area contributed by atoms with Crippen LogP contribution in [0.2, 0.25) is 0 Å². The molecule has 0 bridgehead atoms. The molecule has 0 spiro atoms. The first-order valence-electron chi connectivity index (χ1n) is 9.41. The average molecular weight is 453 g/mol. The van der Waals surface area contributed by atoms with Crippen molar-refractivity contribution in [2.75, 3.05) is 5.32 Å². The Labute approximate surface area is 184 Å². The van der Waals surface area contributed by atoms with Gasteiger partial charge in [0.05, 0.1) is 9.82 Å². The van der Waals surface area contributed by atoms with E-state index in [4.69, 9.17) is 0 Å². The normalized spacial score (nSPS) is 11.0. The second-order valence-electron chi connectivity index (χ2n) is 6.86. The summed E-state index contributed by atoms with van der Waals surface area (Å²) in [6, 6.07) is 17.5. The summed E-state index contributed by atoms with van der Waals surface area (Å²) >= 11 is 0. The van der Waals surface area contributed by atoms with E-state index >= 15 is 0 Å². The molecule has 32 heavy (non-hydrogen) atoms. The standard InChI is InChI=1S/C22H19N3O6S/c1-15(26)17-9-11-21(12-10-17)32(30,31)23-14-16-5-7-18(8-6-16)22(27)24-19-3-2-4-20(13-19)25(28)29/h2-13,23H,14H2,1H3,(H,24,27). The van der Waals surface area contributed by atoms with E-state index in [2.05, 4.69) is 10.0 Å². The van der Waals surface area contributed by atoms with Gasteiger partial charge in [-0.3, -0.25) is 19.7 Å². The predicted molar refractivity (Wildman–Crippen MR) is 118 cm³/mol. The molecule has 2 N–H and O–H groups in total. The fraction of sp³-hybridized carbons (Fsp3) is 0.0909. The molecule has 1 amide bonds. The number of non-ortho nitro benzene ring substituents is 1. The first-order valence-corrected chi connectivity index (χ1v) is 10.9. The summed E-state index contributed by atoms with van der Waals surface area (Å²) in [5.41, 5.74) is 1.50. The highest BCUT2D eigenvalue weighted by Crippen LogP contribution is 2.18. The number of Topliss-reactive ketones (excluding diaryl/α,β-unsaturated/α-hetero) is 1. The Balaban J connectivity index is 1.62. The van der Waals surface area contributed by atoms with Crippen molar-refractivity contribution >= 4 is 33.1 Å². The van der Waals surface area contributed by atoms with Crippen LogP contribution >= 0.6 is 0 Å². The molecule has 0 radical (unpaired) electrons. The van der Waals surface area contributed by atoms with Crippen molar-refractivity contribution in [2.24, 2.45) is 0 Å². The van der Waals surface area contributed by atoms with Crippen LogP contribution in [-0.2, 0) is 16.6 Å². The fourth-order valence-electron chi connectivity index (χ4n) is 2.80. The molecule has 9 nitrogen and oxygen atoms in total. The number of amides is 1. The summed E-state index contributed by atoms with van der Waals surface area (Å²) in [6.07, 6.45) is 0. The van der Waals surface area contributed by atoms with E-state index < -0.39 is 20.9 Å². The first kappa shape index (κ1) is 22.8. The lowest BCUT2D eigenvalue weighted by Crippen LogP contribution is -2.23. The Bertz CT molecular complexity index is 1270. The number of sulfonamides is 1. The van der Waals surface area contributed by atoms with Gasteiger partial charge in [-0.05, 0) is 42.8 Å². The van der Waals surface area contributed by atoms with Crippen molar-refractivity contribution in [3.63, 3.8) is 0 Å². The molecule has 0 fully saturated rings. The van der Waals surface area contributed by atoms with E-state index in [1.54, 1.807) is 12.1 Å². The minimum absolute atomic E-state index is 0.00354. The fourth-order valence-corrected chi connectivity index (χ4v) is 3.82. The third kappa shape index (κ3) is 5.62. The van der Waals surface area contributed by atoms with Crippen LogP contribution in [0.15, 0.2) is 77.7 Å². The number of nitro benzene ring substituents is 1. The maximum Gasteiger partial charge on any atom is 0.271 e. The van der Waals surface area contributed by atoms with Crippen LogP contribution in [0.4, 0.5) is 11.4 Å². The van der Waals surface area contributed by atoms with E-state index in [9.17, 15) is 28.1 Å². The van der Waals surface area contributed by atoms with Crippen LogP contribution in [0.1, 0.15) is 33.2 Å². The number of nitro groups is 1. The zero-order chi connectivity index (χ0) is 23.3. The molecule has 10 heteroatoms. The van der Waals surface area contributed by atoms with E-state index in [1.165, 1.54) is 67.6 Å². The second-order valence-corrected chi connectivity index (χ2v) is 8.63. The van der Waals surface area contributed by atoms with Crippen LogP contribution in [0, 0.1) is 10.1 Å². The molecule has 0 saturated heterocycles. The number of carbonyl (C=O) groups is 2. The summed E-state index contributed by atoms with van der Waals surface area (Å²) in [6.45, 7) is 1.40. The molecule has 3 rings (SSSR count). The Morgan fingerprint density at radius 3 is 2.16 bits per heavy atom. The minimum atomic E-state index is -3.77. The molecular weight excluding hydrogens is 434 g/mol. The summed E-state index contributed by atoms with van der Waals surface area (Å²) < 4.78 is 27.3. The number of nitrogens with one attached hydrogen (secondary N) is 2. The van der Waals surface area contributed by atoms with Crippen molar-refractivity contribution in [1.29, 1.82) is 0 Å². The van der Waals surface area contributed by atoms with Crippen LogP contribution in [0.5, 0.6) is 0 Å². The monoisotopic (exact) mass is 453 g/mol. The maximum absolute atomic E-state index is 12.4. The molecule has 0 heterocycles. The van der Waals surface area contributed by atoms with E-state index in [0.717, 1.165) is 0 Å². The van der Waals surface area contributed by atoms with Gasteiger partial charge in [0, 0.05) is 35.5 Å². The zero-order valence-electron chi connectivity index (χ0n) is 16.9. The molecule has 0 atom stereocenters. The molecule has 3 aromatic carbocycles. The van der Waals surface area contributed by atoms with E-state index in [0.29, 0.717) is 16.7 Å². The Morgan fingerprint density at radius 1 is 0.938 bits per heavy atom. The Hall–Kier alpha value is -3.89. The van der Waals surface area contributed by atoms with Gasteiger partial charge in [0.2, 0.25) is 10.0 Å². The summed E-state index contributed by atoms with van der Waals surface area (Å²) in [5, 5.41) is 13.4. The number of ketones is 1. The largest absolute Gasteiger partial charge is 0.322 e. The van der Waals surface area contributed by atoms with Gasteiger partial charge in [-0.1, -0.05) is 30.3 Å². The van der Waals surface area contributed by atoms with Crippen LogP contribution in [-0.4, -0.2) is 25.0 Å². The summed E-state index contributed by atoms with van der Waals surface area (Å²) in [4.78, 5) is 34.0. The molecular formula is C22H19N3O6S. The zero-order valence-corrected chi connectivity index (χ0v) is 17.8. The molecule has 3 aromatic rings. The van der Waals surface area contributed by atoms with Crippen molar-refractivity contribution in [3.8, 4) is 0 Å². The number of anilines is 1. The minimum Gasteiger partial charge on any atom is -0.322 e. The van der Waals surface area contributed by atoms with Crippen LogP contribution < -0.4 is 10.0 Å². The number of hydrogen-bond acceptors (Lipinski definition) is 6. The number of hydrogen-bond donors (Lipinski definition) is 2. The highest BCUT2D eigenvalue weighted by atomic mass is 32.2. The average Bonchev–Trinajstić information content (AvgIpc) is 2.78. The molecule has 0 saturated carbocycles. The van der Waals surface area contributed by atoms with Gasteiger partial charge >= 0.3 is 0 Å². The number of nitrogens with zero attached hydrogens (tertiary/aromatic N) is 1. The highest BCUT2D eigenvalue weighted by molar-refractivity contribution is 7.89. The van der Waals surface area contributed by atoms with Crippen molar-refractivity contribution in [3.05, 3.63) is 99.6 Å². The van der Waals surface area contributed by atoms with Crippen molar-refractivity contribution < 1.29 is 22.9 Å². The topological polar surface area (TPSA) is 135 Å². The molecule has 164 valence electrons. The van der Waals surface area contributed by atoms with Gasteiger partial charge in [-0.15, -0.1) is 0 Å². The number of rotatable bonds is 8. The highest BCUT2D eigenvalue weighted by Gasteiger charge is 2.15. The van der Waals surface area contributed by atoms with Gasteiger partial charge in [-0.2, -0.15) is 0 Å². The molecule has 0 aromatic heterocycles. The summed E-state index contributed by atoms with van der Waals surface area (Å²) in [5.74, 6) is -0.611. The van der Waals surface area contributed by atoms with Gasteiger partial charge in [0.25, 0.3) is 11.6 Å². The SMILES string of the molecule is CC(=O)c1ccc(S(=O)(=O)NCc2ccc(C(=O)Nc3cccc([N+](=O)[O-])c3)cc2)cc1. The van der Waals surface area contributed by atoms with E-state index in [-0.39, 0.29) is 28.6 Å². The van der Waals surface area contributed by atoms with Gasteiger partial charge in [-0.25, -0.2) is 13.1 Å². The third-order valence-electron chi connectivity index (χ3n) is 4.57. The first-order chi connectivity index (χ1) is 15.2. The lowest BCUT2D eigenvalue weighted by atomic mass is 10.1. The molecule has 0 aliphatic rings. The Morgan fingerprint density at radius 2 is 1.56 bits per heavy atom. The van der Waals surface area contributed by atoms with Gasteiger partial charge in [0.1, 0.15) is 0 Å². The molecule has 0 aliphatic heterocycles. The molecule has 0 aliphatic carbocycles. The maximum atomic E-state index is 12.4. The predicted octanol–water partition coefficient (Wildman–Crippen LogP) is 3.53. The van der Waals surface area contributed by atoms with Gasteiger partial charge in [0.15, 0.2) is 5.78 Å². The quantitative estimate of drug-likeness (QED) is 0.304. The smallest absolute Gasteiger partial charge is 0.271 e. The second kappa shape index (κ2) is 9.50. The van der Waals surface area contributed by atoms with Crippen LogP contribution in [0.25, 0.3) is 0 Å². The number of carbonyl (C=O) groups excluding carboxylic acids is 2. The van der Waals surface area contributed by atoms with Crippen molar-refractivity contribution in [2.45, 2.75) is 18.4 Å². The summed E-state index contributed by atoms with van der Waals surface area (Å²) in [7, 11) is -3.77. The van der Waals surface area contributed by atoms with Crippen molar-refractivity contribution in [1.82, 2.24) is 4.72 Å². The third-order valence-corrected chi connectivity index (χ3v) is 5.99.